The lowest BCUT2D eigenvalue weighted by Gasteiger charge is -2.38. The fraction of sp³-hybridized carbons (Fsp3) is 0.579. The summed E-state index contributed by atoms with van der Waals surface area (Å²) < 4.78 is 13.7. The van der Waals surface area contributed by atoms with Crippen molar-refractivity contribution >= 4 is 11.6 Å². The van der Waals surface area contributed by atoms with Gasteiger partial charge in [0.15, 0.2) is 0 Å². The zero-order chi connectivity index (χ0) is 17.4. The number of rotatable bonds is 3. The molecule has 6 nitrogen and oxygen atoms in total. The normalized spacial score (nSPS) is 22.8. The Hall–Kier alpha value is -1.92. The number of aromatic nitrogens is 2. The van der Waals surface area contributed by atoms with Crippen LogP contribution in [0.4, 0.5) is 0 Å². The van der Waals surface area contributed by atoms with Gasteiger partial charge in [0.2, 0.25) is 0 Å². The Morgan fingerprint density at radius 2 is 2.20 bits per heavy atom. The summed E-state index contributed by atoms with van der Waals surface area (Å²) in [5.41, 5.74) is 2.16. The van der Waals surface area contributed by atoms with E-state index in [1.54, 1.807) is 0 Å². The summed E-state index contributed by atoms with van der Waals surface area (Å²) in [4.78, 5) is 19.4. The molecule has 1 atom stereocenters. The van der Waals surface area contributed by atoms with Crippen LogP contribution < -0.4 is 0 Å². The van der Waals surface area contributed by atoms with Crippen LogP contribution in [-0.4, -0.2) is 58.2 Å². The van der Waals surface area contributed by atoms with Gasteiger partial charge in [-0.2, -0.15) is 0 Å². The summed E-state index contributed by atoms with van der Waals surface area (Å²) >= 11 is 0. The van der Waals surface area contributed by atoms with Gasteiger partial charge >= 0.3 is 0 Å². The van der Waals surface area contributed by atoms with E-state index in [4.69, 9.17) is 9.47 Å². The molecule has 4 rings (SSSR count). The smallest absolute Gasteiger partial charge is 0.274 e. The lowest BCUT2D eigenvalue weighted by atomic mass is 9.88. The van der Waals surface area contributed by atoms with E-state index in [2.05, 4.69) is 4.98 Å². The molecule has 0 aliphatic carbocycles. The molecule has 0 aromatic carbocycles. The Labute approximate surface area is 147 Å². The van der Waals surface area contributed by atoms with Crippen molar-refractivity contribution in [1.82, 2.24) is 14.3 Å². The molecule has 0 saturated carbocycles. The number of likely N-dealkylation sites (tertiary alicyclic amines) is 1. The van der Waals surface area contributed by atoms with Crippen molar-refractivity contribution < 1.29 is 14.3 Å². The van der Waals surface area contributed by atoms with Crippen molar-refractivity contribution in [3.05, 3.63) is 35.8 Å². The number of hydrogen-bond donors (Lipinski definition) is 0. The Bertz CT molecular complexity index is 777. The molecule has 1 amide bonds. The van der Waals surface area contributed by atoms with Crippen molar-refractivity contribution in [1.29, 1.82) is 0 Å². The van der Waals surface area contributed by atoms with Gasteiger partial charge < -0.3 is 18.8 Å². The van der Waals surface area contributed by atoms with Crippen LogP contribution in [0.1, 0.15) is 42.4 Å². The molecule has 2 aliphatic rings. The van der Waals surface area contributed by atoms with Crippen LogP contribution in [-0.2, 0) is 9.47 Å². The van der Waals surface area contributed by atoms with Gasteiger partial charge in [0.05, 0.1) is 24.0 Å². The van der Waals surface area contributed by atoms with Gasteiger partial charge in [-0.15, -0.1) is 0 Å². The SMILES string of the molecule is CCOC1COC2(CCN(C(=O)c3nc4ccccn4c3C)CC2)C1. The molecule has 0 N–H and O–H groups in total. The molecule has 1 spiro atoms. The third-order valence-corrected chi connectivity index (χ3v) is 5.51. The number of fused-ring (bicyclic) bond motifs is 1. The number of hydrogen-bond acceptors (Lipinski definition) is 4. The Morgan fingerprint density at radius 1 is 1.40 bits per heavy atom. The second-order valence-electron chi connectivity index (χ2n) is 7.04. The first kappa shape index (κ1) is 16.5. The Kier molecular flexibility index (Phi) is 4.25. The Morgan fingerprint density at radius 3 is 2.92 bits per heavy atom. The van der Waals surface area contributed by atoms with Crippen LogP contribution in [0.5, 0.6) is 0 Å². The molecule has 25 heavy (non-hydrogen) atoms. The highest BCUT2D eigenvalue weighted by atomic mass is 16.6. The van der Waals surface area contributed by atoms with Gasteiger partial charge in [-0.1, -0.05) is 6.07 Å². The largest absolute Gasteiger partial charge is 0.376 e. The van der Waals surface area contributed by atoms with Crippen molar-refractivity contribution in [2.24, 2.45) is 0 Å². The Balaban J connectivity index is 1.45. The van der Waals surface area contributed by atoms with Crippen LogP contribution >= 0.6 is 0 Å². The van der Waals surface area contributed by atoms with Crippen LogP contribution in [0.25, 0.3) is 5.65 Å². The minimum absolute atomic E-state index is 0.0235. The predicted molar refractivity (Wildman–Crippen MR) is 93.8 cm³/mol. The lowest BCUT2D eigenvalue weighted by molar-refractivity contribution is -0.0408. The number of pyridine rings is 1. The highest BCUT2D eigenvalue weighted by molar-refractivity contribution is 5.94. The molecule has 2 aliphatic heterocycles. The number of ether oxygens (including phenoxy) is 2. The van der Waals surface area contributed by atoms with Gasteiger partial charge in [-0.3, -0.25) is 4.79 Å². The maximum absolute atomic E-state index is 12.9. The average Bonchev–Trinajstić information content (AvgIpc) is 3.17. The van der Waals surface area contributed by atoms with Crippen LogP contribution in [0.3, 0.4) is 0 Å². The minimum Gasteiger partial charge on any atom is -0.376 e. The summed E-state index contributed by atoms with van der Waals surface area (Å²) in [7, 11) is 0. The number of piperidine rings is 1. The zero-order valence-electron chi connectivity index (χ0n) is 14.9. The average molecular weight is 343 g/mol. The van der Waals surface area contributed by atoms with Crippen LogP contribution in [0.15, 0.2) is 24.4 Å². The maximum atomic E-state index is 12.9. The first-order valence-electron chi connectivity index (χ1n) is 9.10. The molecule has 0 bridgehead atoms. The summed E-state index contributed by atoms with van der Waals surface area (Å²) in [5.74, 6) is 0.0235. The van der Waals surface area contributed by atoms with E-state index in [1.165, 1.54) is 0 Å². The number of imidazole rings is 1. The van der Waals surface area contributed by atoms with Gasteiger partial charge in [-0.05, 0) is 38.8 Å². The summed E-state index contributed by atoms with van der Waals surface area (Å²) in [6.45, 7) is 6.79. The molecule has 1 unspecified atom stereocenters. The molecule has 6 heteroatoms. The number of nitrogens with zero attached hydrogens (tertiary/aromatic N) is 3. The number of carbonyl (C=O) groups is 1. The van der Waals surface area contributed by atoms with Gasteiger partial charge in [-0.25, -0.2) is 4.98 Å². The van der Waals surface area contributed by atoms with E-state index in [-0.39, 0.29) is 17.6 Å². The predicted octanol–water partition coefficient (Wildman–Crippen LogP) is 2.44. The minimum atomic E-state index is -0.107. The summed E-state index contributed by atoms with van der Waals surface area (Å²) in [5, 5.41) is 0. The van der Waals surface area contributed by atoms with E-state index in [0.717, 1.165) is 37.2 Å². The zero-order valence-corrected chi connectivity index (χ0v) is 14.9. The van der Waals surface area contributed by atoms with E-state index in [1.807, 2.05) is 47.5 Å². The third-order valence-electron chi connectivity index (χ3n) is 5.51. The number of aryl methyl sites for hydroxylation is 1. The lowest BCUT2D eigenvalue weighted by Crippen LogP contribution is -2.46. The molecular weight excluding hydrogens is 318 g/mol. The van der Waals surface area contributed by atoms with Crippen LogP contribution in [0.2, 0.25) is 0 Å². The standard InChI is InChI=1S/C19H25N3O3/c1-3-24-15-12-19(25-13-15)7-10-21(11-8-19)18(23)17-14(2)22-9-5-4-6-16(22)20-17/h4-6,9,15H,3,7-8,10-13H2,1-2H3. The van der Waals surface area contributed by atoms with Crippen molar-refractivity contribution in [3.8, 4) is 0 Å². The quantitative estimate of drug-likeness (QED) is 0.859. The molecule has 2 aromatic heterocycles. The topological polar surface area (TPSA) is 56.1 Å². The molecule has 2 saturated heterocycles. The second kappa shape index (κ2) is 6.42. The highest BCUT2D eigenvalue weighted by Gasteiger charge is 2.44. The summed E-state index contributed by atoms with van der Waals surface area (Å²) in [6, 6.07) is 5.81. The monoisotopic (exact) mass is 343 g/mol. The van der Waals surface area contributed by atoms with Gasteiger partial charge in [0, 0.05) is 32.3 Å². The van der Waals surface area contributed by atoms with Gasteiger partial charge in [0.1, 0.15) is 11.3 Å². The maximum Gasteiger partial charge on any atom is 0.274 e. The first-order valence-corrected chi connectivity index (χ1v) is 9.10. The fourth-order valence-corrected chi connectivity index (χ4v) is 4.08. The molecule has 2 aromatic rings. The molecule has 4 heterocycles. The fourth-order valence-electron chi connectivity index (χ4n) is 4.08. The first-order chi connectivity index (χ1) is 12.1. The number of amides is 1. The van der Waals surface area contributed by atoms with E-state index >= 15 is 0 Å². The van der Waals surface area contributed by atoms with E-state index in [0.29, 0.717) is 25.4 Å². The second-order valence-corrected chi connectivity index (χ2v) is 7.04. The summed E-state index contributed by atoms with van der Waals surface area (Å²) in [6.07, 6.45) is 4.83. The molecule has 134 valence electrons. The van der Waals surface area contributed by atoms with Crippen molar-refractivity contribution in [3.63, 3.8) is 0 Å². The van der Waals surface area contributed by atoms with Crippen molar-refractivity contribution in [2.45, 2.75) is 44.8 Å². The molecule has 0 radical (unpaired) electrons. The van der Waals surface area contributed by atoms with Gasteiger partial charge in [0.25, 0.3) is 5.91 Å². The van der Waals surface area contributed by atoms with E-state index < -0.39 is 0 Å². The highest BCUT2D eigenvalue weighted by Crippen LogP contribution is 2.37. The van der Waals surface area contributed by atoms with E-state index in [9.17, 15) is 4.79 Å². The van der Waals surface area contributed by atoms with Crippen molar-refractivity contribution in [2.75, 3.05) is 26.3 Å². The molecular formula is C19H25N3O3. The van der Waals surface area contributed by atoms with Crippen LogP contribution in [0, 0.1) is 6.92 Å². The molecule has 2 fully saturated rings. The third kappa shape index (κ3) is 2.93. The number of carbonyl (C=O) groups excluding carboxylic acids is 1.